The van der Waals surface area contributed by atoms with E-state index in [-0.39, 0.29) is 24.6 Å². The van der Waals surface area contributed by atoms with Crippen LogP contribution < -0.4 is 4.90 Å². The number of nitrogens with zero attached hydrogens (tertiary/aromatic N) is 3. The van der Waals surface area contributed by atoms with Crippen molar-refractivity contribution in [2.75, 3.05) is 11.5 Å². The van der Waals surface area contributed by atoms with E-state index >= 15 is 0 Å². The molecule has 0 radical (unpaired) electrons. The first kappa shape index (κ1) is 16.7. The summed E-state index contributed by atoms with van der Waals surface area (Å²) in [6.45, 7) is 4.07. The first-order valence-electron chi connectivity index (χ1n) is 8.19. The predicted octanol–water partition coefficient (Wildman–Crippen LogP) is 3.60. The highest BCUT2D eigenvalue weighted by Gasteiger charge is 2.50. The van der Waals surface area contributed by atoms with E-state index in [1.807, 2.05) is 29.4 Å². The molecule has 2 heterocycles. The molecule has 1 aliphatic heterocycles. The van der Waals surface area contributed by atoms with Crippen LogP contribution in [0.25, 0.3) is 6.08 Å². The molecular weight excluding hydrogens is 318 g/mol. The van der Waals surface area contributed by atoms with Gasteiger partial charge in [-0.2, -0.15) is 5.26 Å². The van der Waals surface area contributed by atoms with E-state index in [2.05, 4.69) is 42.2 Å². The van der Waals surface area contributed by atoms with Crippen molar-refractivity contribution in [3.05, 3.63) is 52.5 Å². The van der Waals surface area contributed by atoms with Crippen molar-refractivity contribution in [3.8, 4) is 6.07 Å². The van der Waals surface area contributed by atoms with Crippen LogP contribution in [0.1, 0.15) is 36.6 Å². The third-order valence-corrected chi connectivity index (χ3v) is 5.44. The van der Waals surface area contributed by atoms with E-state index in [9.17, 15) is 10.4 Å². The van der Waals surface area contributed by atoms with Crippen molar-refractivity contribution in [1.82, 2.24) is 4.98 Å². The normalized spacial score (nSPS) is 23.2. The minimum atomic E-state index is -0.287. The van der Waals surface area contributed by atoms with Gasteiger partial charge < -0.3 is 10.0 Å². The number of benzene rings is 1. The summed E-state index contributed by atoms with van der Waals surface area (Å²) < 4.78 is 0. The van der Waals surface area contributed by atoms with Gasteiger partial charge in [-0.15, -0.1) is 11.3 Å². The Hall–Kier alpha value is -2.16. The van der Waals surface area contributed by atoms with Gasteiger partial charge in [-0.3, -0.25) is 0 Å². The number of aliphatic hydroxyl groups excluding tert-OH is 1. The molecule has 1 aromatic carbocycles. The smallest absolute Gasteiger partial charge is 0.186 e. The number of nitriles is 1. The average Bonchev–Trinajstić information content (AvgIpc) is 3.05. The molecule has 3 rings (SSSR count). The number of hydrogen-bond donors (Lipinski definition) is 1. The standard InChI is InChI=1S/C19H21N3OS/c1-3-5-13-6-8-14(9-7-13)18-16(10-20)22(17(18)11-23)19-21-15(4-2)12-24-19/h3,5-9,12,16-18,23H,4,11H2,1-2H3/b5-3+/t16-,17+,18+/m0/s1. The van der Waals surface area contributed by atoms with Crippen LogP contribution in [0.2, 0.25) is 0 Å². The van der Waals surface area contributed by atoms with Crippen molar-refractivity contribution in [1.29, 1.82) is 5.26 Å². The molecule has 0 bridgehead atoms. The predicted molar refractivity (Wildman–Crippen MR) is 98.1 cm³/mol. The molecule has 0 saturated carbocycles. The molecule has 4 nitrogen and oxygen atoms in total. The SMILES string of the molecule is C/C=C/c1ccc([C@H]2[C@@H](CO)N(c3nc(CC)cs3)[C@H]2C#N)cc1. The Morgan fingerprint density at radius 1 is 1.38 bits per heavy atom. The zero-order valence-corrected chi connectivity index (χ0v) is 14.7. The zero-order chi connectivity index (χ0) is 17.1. The topological polar surface area (TPSA) is 60.1 Å². The van der Waals surface area contributed by atoms with Crippen LogP contribution in [0, 0.1) is 11.3 Å². The second kappa shape index (κ2) is 7.16. The van der Waals surface area contributed by atoms with Gasteiger partial charge in [0, 0.05) is 11.3 Å². The Morgan fingerprint density at radius 3 is 2.67 bits per heavy atom. The summed E-state index contributed by atoms with van der Waals surface area (Å²) in [7, 11) is 0. The number of allylic oxidation sites excluding steroid dienone is 1. The van der Waals surface area contributed by atoms with Gasteiger partial charge in [0.05, 0.1) is 24.4 Å². The van der Waals surface area contributed by atoms with E-state index in [0.717, 1.165) is 28.4 Å². The number of anilines is 1. The first-order valence-corrected chi connectivity index (χ1v) is 9.07. The van der Waals surface area contributed by atoms with Gasteiger partial charge in [-0.1, -0.05) is 43.3 Å². The highest BCUT2D eigenvalue weighted by molar-refractivity contribution is 7.13. The highest BCUT2D eigenvalue weighted by Crippen LogP contribution is 2.44. The number of thiazole rings is 1. The van der Waals surface area contributed by atoms with E-state index < -0.39 is 0 Å². The molecule has 1 aliphatic rings. The summed E-state index contributed by atoms with van der Waals surface area (Å²) in [6.07, 6.45) is 4.92. The minimum absolute atomic E-state index is 0.00799. The molecule has 1 fully saturated rings. The van der Waals surface area contributed by atoms with Crippen LogP contribution in [0.4, 0.5) is 5.13 Å². The summed E-state index contributed by atoms with van der Waals surface area (Å²) >= 11 is 1.55. The number of aryl methyl sites for hydroxylation is 1. The third kappa shape index (κ3) is 2.83. The molecule has 5 heteroatoms. The maximum Gasteiger partial charge on any atom is 0.186 e. The molecule has 1 aromatic heterocycles. The lowest BCUT2D eigenvalue weighted by Gasteiger charge is -2.51. The Labute approximate surface area is 146 Å². The molecule has 0 aliphatic carbocycles. The van der Waals surface area contributed by atoms with Crippen LogP contribution in [0.15, 0.2) is 35.7 Å². The van der Waals surface area contributed by atoms with Crippen LogP contribution >= 0.6 is 11.3 Å². The van der Waals surface area contributed by atoms with Crippen LogP contribution in [-0.4, -0.2) is 28.8 Å². The van der Waals surface area contributed by atoms with E-state index in [1.165, 1.54) is 0 Å². The van der Waals surface area contributed by atoms with Crippen molar-refractivity contribution < 1.29 is 5.11 Å². The summed E-state index contributed by atoms with van der Waals surface area (Å²) in [5.41, 5.74) is 3.26. The number of rotatable bonds is 5. The molecule has 2 aromatic rings. The summed E-state index contributed by atoms with van der Waals surface area (Å²) in [4.78, 5) is 6.55. The number of hydrogen-bond acceptors (Lipinski definition) is 5. The lowest BCUT2D eigenvalue weighted by molar-refractivity contribution is 0.187. The fourth-order valence-corrected chi connectivity index (χ4v) is 4.27. The molecule has 0 unspecified atom stereocenters. The largest absolute Gasteiger partial charge is 0.394 e. The van der Waals surface area contributed by atoms with E-state index in [4.69, 9.17) is 0 Å². The van der Waals surface area contributed by atoms with Crippen molar-refractivity contribution in [2.45, 2.75) is 38.3 Å². The summed E-state index contributed by atoms with van der Waals surface area (Å²) in [6, 6.07) is 10.2. The molecule has 24 heavy (non-hydrogen) atoms. The summed E-state index contributed by atoms with van der Waals surface area (Å²) in [5, 5.41) is 22.4. The quantitative estimate of drug-likeness (QED) is 0.904. The Kier molecular flexibility index (Phi) is 4.98. The second-order valence-electron chi connectivity index (χ2n) is 5.90. The zero-order valence-electron chi connectivity index (χ0n) is 13.9. The van der Waals surface area contributed by atoms with Gasteiger partial charge in [0.25, 0.3) is 0 Å². The number of aromatic nitrogens is 1. The van der Waals surface area contributed by atoms with Gasteiger partial charge in [0.2, 0.25) is 0 Å². The molecule has 124 valence electrons. The maximum absolute atomic E-state index is 9.88. The minimum Gasteiger partial charge on any atom is -0.394 e. The van der Waals surface area contributed by atoms with Gasteiger partial charge in [0.1, 0.15) is 6.04 Å². The molecule has 1 N–H and O–H groups in total. The number of aliphatic hydroxyl groups is 1. The second-order valence-corrected chi connectivity index (χ2v) is 6.74. The lowest BCUT2D eigenvalue weighted by atomic mass is 9.76. The average molecular weight is 339 g/mol. The van der Waals surface area contributed by atoms with Gasteiger partial charge in [-0.05, 0) is 24.5 Å². The van der Waals surface area contributed by atoms with Gasteiger partial charge in [-0.25, -0.2) is 4.98 Å². The van der Waals surface area contributed by atoms with E-state index in [1.54, 1.807) is 11.3 Å². The fraction of sp³-hybridized carbons (Fsp3) is 0.368. The molecule has 3 atom stereocenters. The Morgan fingerprint density at radius 2 is 2.12 bits per heavy atom. The first-order chi connectivity index (χ1) is 11.7. The molecule has 0 spiro atoms. The summed E-state index contributed by atoms with van der Waals surface area (Å²) in [5.74, 6) is 0.00799. The monoisotopic (exact) mass is 339 g/mol. The van der Waals surface area contributed by atoms with Crippen molar-refractivity contribution in [3.63, 3.8) is 0 Å². The Balaban J connectivity index is 1.87. The van der Waals surface area contributed by atoms with Crippen LogP contribution in [0.5, 0.6) is 0 Å². The lowest BCUT2D eigenvalue weighted by Crippen LogP contribution is -2.63. The van der Waals surface area contributed by atoms with Gasteiger partial charge in [0.15, 0.2) is 5.13 Å². The van der Waals surface area contributed by atoms with Crippen molar-refractivity contribution >= 4 is 22.5 Å². The Bertz CT molecular complexity index is 760. The third-order valence-electron chi connectivity index (χ3n) is 4.53. The van der Waals surface area contributed by atoms with Crippen molar-refractivity contribution in [2.24, 2.45) is 0 Å². The van der Waals surface area contributed by atoms with Crippen LogP contribution in [0.3, 0.4) is 0 Å². The van der Waals surface area contributed by atoms with Crippen LogP contribution in [-0.2, 0) is 6.42 Å². The maximum atomic E-state index is 9.88. The molecule has 1 saturated heterocycles. The fourth-order valence-electron chi connectivity index (χ4n) is 3.27. The molecular formula is C19H21N3OS. The van der Waals surface area contributed by atoms with Gasteiger partial charge >= 0.3 is 0 Å². The van der Waals surface area contributed by atoms with E-state index in [0.29, 0.717) is 0 Å². The highest BCUT2D eigenvalue weighted by atomic mass is 32.1. The molecule has 0 amide bonds.